The maximum absolute atomic E-state index is 11.9. The van der Waals surface area contributed by atoms with E-state index in [0.29, 0.717) is 30.2 Å². The van der Waals surface area contributed by atoms with Crippen LogP contribution in [0.25, 0.3) is 0 Å². The van der Waals surface area contributed by atoms with Gasteiger partial charge in [0.15, 0.2) is 0 Å². The second kappa shape index (κ2) is 7.12. The number of nitrogens with two attached hydrogens (primary N) is 1. The van der Waals surface area contributed by atoms with Crippen molar-refractivity contribution in [3.8, 4) is 11.5 Å². The summed E-state index contributed by atoms with van der Waals surface area (Å²) in [6, 6.07) is 5.24. The summed E-state index contributed by atoms with van der Waals surface area (Å²) in [5.74, 6) is 0.696. The number of methoxy groups -OCH3 is 3. The van der Waals surface area contributed by atoms with Gasteiger partial charge in [-0.15, -0.1) is 0 Å². The third-order valence-corrected chi connectivity index (χ3v) is 3.22. The molecule has 0 saturated heterocycles. The summed E-state index contributed by atoms with van der Waals surface area (Å²) < 4.78 is 15.5. The van der Waals surface area contributed by atoms with Crippen LogP contribution < -0.4 is 20.5 Å². The Balaban J connectivity index is 3.16. The molecule has 0 spiro atoms. The van der Waals surface area contributed by atoms with Gasteiger partial charge in [-0.05, 0) is 19.1 Å². The maximum atomic E-state index is 11.9. The van der Waals surface area contributed by atoms with Crippen molar-refractivity contribution in [1.29, 1.82) is 0 Å². The largest absolute Gasteiger partial charge is 0.497 e. The molecule has 0 saturated carbocycles. The van der Waals surface area contributed by atoms with Crippen LogP contribution in [0.2, 0.25) is 0 Å². The van der Waals surface area contributed by atoms with Gasteiger partial charge in [-0.2, -0.15) is 0 Å². The van der Waals surface area contributed by atoms with Gasteiger partial charge in [0, 0.05) is 25.3 Å². The van der Waals surface area contributed by atoms with E-state index in [1.807, 2.05) is 0 Å². The van der Waals surface area contributed by atoms with Gasteiger partial charge in [-0.25, -0.2) is 0 Å². The summed E-state index contributed by atoms with van der Waals surface area (Å²) in [7, 11) is 4.70. The third-order valence-electron chi connectivity index (χ3n) is 3.22. The average Bonchev–Trinajstić information content (AvgIpc) is 2.46. The number of hydrogen-bond acceptors (Lipinski definition) is 5. The van der Waals surface area contributed by atoms with Gasteiger partial charge in [0.2, 0.25) is 5.91 Å². The first-order chi connectivity index (χ1) is 9.49. The smallest absolute Gasteiger partial charge is 0.242 e. The predicted molar refractivity (Wildman–Crippen MR) is 76.0 cm³/mol. The SMILES string of the molecule is COCCNC(C)(C(N)=O)c1ccc(OC)cc1OC. The molecule has 20 heavy (non-hydrogen) atoms. The summed E-state index contributed by atoms with van der Waals surface area (Å²) >= 11 is 0. The average molecular weight is 282 g/mol. The molecule has 6 heteroatoms. The van der Waals surface area contributed by atoms with Gasteiger partial charge in [-0.3, -0.25) is 10.1 Å². The summed E-state index contributed by atoms with van der Waals surface area (Å²) in [5.41, 5.74) is 5.16. The van der Waals surface area contributed by atoms with E-state index in [0.717, 1.165) is 0 Å². The molecule has 6 nitrogen and oxygen atoms in total. The fourth-order valence-corrected chi connectivity index (χ4v) is 1.93. The van der Waals surface area contributed by atoms with Crippen molar-refractivity contribution >= 4 is 5.91 Å². The highest BCUT2D eigenvalue weighted by atomic mass is 16.5. The van der Waals surface area contributed by atoms with Crippen LogP contribution in [-0.4, -0.2) is 40.4 Å². The zero-order valence-electron chi connectivity index (χ0n) is 12.4. The number of primary amides is 1. The Morgan fingerprint density at radius 3 is 2.50 bits per heavy atom. The minimum atomic E-state index is -1.05. The summed E-state index contributed by atoms with van der Waals surface area (Å²) in [5, 5.41) is 3.10. The quantitative estimate of drug-likeness (QED) is 0.684. The van der Waals surface area contributed by atoms with Gasteiger partial charge >= 0.3 is 0 Å². The highest BCUT2D eigenvalue weighted by molar-refractivity contribution is 5.86. The van der Waals surface area contributed by atoms with Gasteiger partial charge in [0.1, 0.15) is 17.0 Å². The topological polar surface area (TPSA) is 82.8 Å². The van der Waals surface area contributed by atoms with Crippen molar-refractivity contribution in [3.05, 3.63) is 23.8 Å². The summed E-state index contributed by atoms with van der Waals surface area (Å²) in [6.07, 6.45) is 0. The fourth-order valence-electron chi connectivity index (χ4n) is 1.93. The Bertz CT molecular complexity index is 464. The van der Waals surface area contributed by atoms with Crippen molar-refractivity contribution in [2.75, 3.05) is 34.5 Å². The highest BCUT2D eigenvalue weighted by Crippen LogP contribution is 2.33. The number of nitrogens with one attached hydrogen (secondary N) is 1. The van der Waals surface area contributed by atoms with Crippen LogP contribution in [0.4, 0.5) is 0 Å². The van der Waals surface area contributed by atoms with Crippen molar-refractivity contribution < 1.29 is 19.0 Å². The molecule has 0 fully saturated rings. The molecule has 3 N–H and O–H groups in total. The lowest BCUT2D eigenvalue weighted by Gasteiger charge is -2.29. The number of rotatable bonds is 8. The Morgan fingerprint density at radius 1 is 1.30 bits per heavy atom. The number of ether oxygens (including phenoxy) is 3. The first-order valence-electron chi connectivity index (χ1n) is 6.26. The Hall–Kier alpha value is -1.79. The molecule has 0 aliphatic heterocycles. The van der Waals surface area contributed by atoms with Gasteiger partial charge in [0.05, 0.1) is 20.8 Å². The lowest BCUT2D eigenvalue weighted by molar-refractivity contribution is -0.124. The van der Waals surface area contributed by atoms with Crippen LogP contribution in [0.1, 0.15) is 12.5 Å². The Kier molecular flexibility index (Phi) is 5.79. The van der Waals surface area contributed by atoms with Gasteiger partial charge < -0.3 is 19.9 Å². The molecule has 0 aliphatic rings. The number of carbonyl (C=O) groups is 1. The van der Waals surface area contributed by atoms with Crippen molar-refractivity contribution in [2.24, 2.45) is 5.73 Å². The second-order valence-electron chi connectivity index (χ2n) is 4.48. The molecule has 1 aromatic carbocycles. The van der Waals surface area contributed by atoms with Gasteiger partial charge in [-0.1, -0.05) is 0 Å². The fraction of sp³-hybridized carbons (Fsp3) is 0.500. The van der Waals surface area contributed by atoms with E-state index < -0.39 is 11.4 Å². The molecule has 112 valence electrons. The summed E-state index contributed by atoms with van der Waals surface area (Å²) in [4.78, 5) is 11.9. The molecule has 0 aliphatic carbocycles. The zero-order valence-corrected chi connectivity index (χ0v) is 12.4. The highest BCUT2D eigenvalue weighted by Gasteiger charge is 2.35. The van der Waals surface area contributed by atoms with Crippen LogP contribution in [0.15, 0.2) is 18.2 Å². The maximum Gasteiger partial charge on any atom is 0.242 e. The molecule has 1 amide bonds. The van der Waals surface area contributed by atoms with E-state index in [2.05, 4.69) is 5.32 Å². The number of carbonyl (C=O) groups excluding carboxylic acids is 1. The number of amides is 1. The minimum Gasteiger partial charge on any atom is -0.497 e. The van der Waals surface area contributed by atoms with Crippen LogP contribution >= 0.6 is 0 Å². The second-order valence-corrected chi connectivity index (χ2v) is 4.48. The predicted octanol–water partition coefficient (Wildman–Crippen LogP) is 0.640. The first-order valence-corrected chi connectivity index (χ1v) is 6.26. The van der Waals surface area contributed by atoms with E-state index in [9.17, 15) is 4.79 Å². The lowest BCUT2D eigenvalue weighted by Crippen LogP contribution is -2.51. The first kappa shape index (κ1) is 16.3. The number of hydrogen-bond donors (Lipinski definition) is 2. The monoisotopic (exact) mass is 282 g/mol. The van der Waals surface area contributed by atoms with E-state index in [4.69, 9.17) is 19.9 Å². The van der Waals surface area contributed by atoms with E-state index in [1.54, 1.807) is 39.3 Å². The van der Waals surface area contributed by atoms with E-state index in [-0.39, 0.29) is 0 Å². The van der Waals surface area contributed by atoms with Crippen LogP contribution in [0.5, 0.6) is 11.5 Å². The van der Waals surface area contributed by atoms with Gasteiger partial charge in [0.25, 0.3) is 0 Å². The molecule has 1 rings (SSSR count). The van der Waals surface area contributed by atoms with E-state index >= 15 is 0 Å². The third kappa shape index (κ3) is 3.40. The molecule has 1 atom stereocenters. The minimum absolute atomic E-state index is 0.474. The molecule has 0 bridgehead atoms. The molecule has 0 aromatic heterocycles. The molecule has 1 unspecified atom stereocenters. The number of benzene rings is 1. The van der Waals surface area contributed by atoms with Crippen LogP contribution in [0.3, 0.4) is 0 Å². The zero-order chi connectivity index (χ0) is 15.2. The molecule has 0 radical (unpaired) electrons. The molecule has 0 heterocycles. The van der Waals surface area contributed by atoms with Crippen molar-refractivity contribution in [3.63, 3.8) is 0 Å². The summed E-state index contributed by atoms with van der Waals surface area (Å²) in [6.45, 7) is 2.68. The van der Waals surface area contributed by atoms with E-state index in [1.165, 1.54) is 7.11 Å². The Labute approximate surface area is 119 Å². The lowest BCUT2D eigenvalue weighted by atomic mass is 9.90. The Morgan fingerprint density at radius 2 is 2.00 bits per heavy atom. The molecular weight excluding hydrogens is 260 g/mol. The molecular formula is C14H22N2O4. The van der Waals surface area contributed by atoms with Crippen LogP contribution in [0, 0.1) is 0 Å². The van der Waals surface area contributed by atoms with Crippen molar-refractivity contribution in [2.45, 2.75) is 12.5 Å². The molecule has 1 aromatic rings. The standard InChI is InChI=1S/C14H22N2O4/c1-14(13(15)17,16-7-8-18-2)11-6-5-10(19-3)9-12(11)20-4/h5-6,9,16H,7-8H2,1-4H3,(H2,15,17). The normalized spacial score (nSPS) is 13.6. The van der Waals surface area contributed by atoms with Crippen molar-refractivity contribution in [1.82, 2.24) is 5.32 Å². The van der Waals surface area contributed by atoms with Crippen LogP contribution in [-0.2, 0) is 15.1 Å².